The van der Waals surface area contributed by atoms with Crippen LogP contribution in [0.25, 0.3) is 0 Å². The minimum Gasteiger partial charge on any atom is -0.0654 e. The molecule has 0 heterocycles. The van der Waals surface area contributed by atoms with Crippen molar-refractivity contribution in [3.8, 4) is 0 Å². The van der Waals surface area contributed by atoms with Gasteiger partial charge in [-0.25, -0.2) is 0 Å². The Morgan fingerprint density at radius 3 is 1.84 bits per heavy atom. The molecular formula is C19H32. The first-order valence-electron chi connectivity index (χ1n) is 8.34. The molecule has 0 heteroatoms. The average Bonchev–Trinajstić information content (AvgIpc) is 2.45. The maximum atomic E-state index is 2.35. The molecule has 0 amide bonds. The highest BCUT2D eigenvalue weighted by Gasteiger charge is 2.29. The lowest BCUT2D eigenvalue weighted by atomic mass is 9.70. The van der Waals surface area contributed by atoms with E-state index in [0.717, 1.165) is 0 Å². The van der Waals surface area contributed by atoms with Crippen molar-refractivity contribution < 1.29 is 0 Å². The van der Waals surface area contributed by atoms with E-state index in [4.69, 9.17) is 0 Å². The van der Waals surface area contributed by atoms with Crippen LogP contribution < -0.4 is 0 Å². The van der Waals surface area contributed by atoms with Gasteiger partial charge in [0.05, 0.1) is 0 Å². The van der Waals surface area contributed by atoms with Gasteiger partial charge in [-0.15, -0.1) is 0 Å². The Morgan fingerprint density at radius 2 is 1.32 bits per heavy atom. The summed E-state index contributed by atoms with van der Waals surface area (Å²) >= 11 is 0. The minimum absolute atomic E-state index is 0.443. The van der Waals surface area contributed by atoms with Gasteiger partial charge >= 0.3 is 0 Å². The van der Waals surface area contributed by atoms with Crippen LogP contribution in [0.4, 0.5) is 0 Å². The molecule has 0 saturated carbocycles. The molecule has 0 saturated heterocycles. The third kappa shape index (κ3) is 5.01. The quantitative estimate of drug-likeness (QED) is 0.421. The summed E-state index contributed by atoms with van der Waals surface area (Å²) in [5, 5.41) is 0. The van der Waals surface area contributed by atoms with E-state index in [1.165, 1.54) is 57.8 Å². The van der Waals surface area contributed by atoms with Crippen LogP contribution in [0.2, 0.25) is 0 Å². The molecule has 1 aromatic rings. The van der Waals surface area contributed by atoms with Crippen molar-refractivity contribution in [3.05, 3.63) is 35.9 Å². The van der Waals surface area contributed by atoms with Gasteiger partial charge in [0.25, 0.3) is 0 Å². The fourth-order valence-corrected chi connectivity index (χ4v) is 3.45. The third-order valence-corrected chi connectivity index (χ3v) is 4.35. The van der Waals surface area contributed by atoms with Crippen molar-refractivity contribution in [2.45, 2.75) is 84.0 Å². The Bertz CT molecular complexity index is 306. The Labute approximate surface area is 120 Å². The van der Waals surface area contributed by atoms with E-state index in [2.05, 4.69) is 51.1 Å². The summed E-state index contributed by atoms with van der Waals surface area (Å²) in [5.74, 6) is 0. The Hall–Kier alpha value is -0.780. The van der Waals surface area contributed by atoms with E-state index in [1.54, 1.807) is 5.56 Å². The first kappa shape index (κ1) is 16.3. The highest BCUT2D eigenvalue weighted by molar-refractivity contribution is 5.25. The van der Waals surface area contributed by atoms with Crippen LogP contribution in [0.3, 0.4) is 0 Å². The van der Waals surface area contributed by atoms with E-state index < -0.39 is 0 Å². The topological polar surface area (TPSA) is 0 Å². The fourth-order valence-electron chi connectivity index (χ4n) is 3.45. The van der Waals surface area contributed by atoms with Crippen molar-refractivity contribution in [1.29, 1.82) is 0 Å². The van der Waals surface area contributed by atoms with Crippen LogP contribution in [-0.4, -0.2) is 0 Å². The molecular weight excluding hydrogens is 228 g/mol. The molecule has 0 nitrogen and oxygen atoms in total. The summed E-state index contributed by atoms with van der Waals surface area (Å²) in [7, 11) is 0. The molecule has 19 heavy (non-hydrogen) atoms. The number of hydrogen-bond donors (Lipinski definition) is 0. The number of rotatable bonds is 10. The second-order valence-corrected chi connectivity index (χ2v) is 5.96. The monoisotopic (exact) mass is 260 g/mol. The summed E-state index contributed by atoms with van der Waals surface area (Å²) in [6.07, 6.45) is 12.2. The first-order valence-corrected chi connectivity index (χ1v) is 8.34. The molecule has 0 aliphatic heterocycles. The van der Waals surface area contributed by atoms with Crippen molar-refractivity contribution in [1.82, 2.24) is 0 Å². The minimum atomic E-state index is 0.443. The van der Waals surface area contributed by atoms with Crippen LogP contribution in [0, 0.1) is 0 Å². The van der Waals surface area contributed by atoms with E-state index in [0.29, 0.717) is 5.41 Å². The molecule has 0 spiro atoms. The Balaban J connectivity index is 2.81. The highest BCUT2D eigenvalue weighted by atomic mass is 14.3. The van der Waals surface area contributed by atoms with Crippen LogP contribution in [0.15, 0.2) is 30.3 Å². The summed E-state index contributed by atoms with van der Waals surface area (Å²) < 4.78 is 0. The van der Waals surface area contributed by atoms with Crippen LogP contribution in [0.5, 0.6) is 0 Å². The van der Waals surface area contributed by atoms with Gasteiger partial charge in [0, 0.05) is 0 Å². The predicted octanol–water partition coefficient (Wildman–Crippen LogP) is 6.50. The van der Waals surface area contributed by atoms with E-state index in [9.17, 15) is 0 Å². The molecule has 1 rings (SSSR count). The maximum absolute atomic E-state index is 2.35. The van der Waals surface area contributed by atoms with Gasteiger partial charge in [-0.1, -0.05) is 89.6 Å². The number of unbranched alkanes of at least 4 members (excludes halogenated alkanes) is 3. The molecule has 0 aromatic heterocycles. The lowest BCUT2D eigenvalue weighted by Crippen LogP contribution is -2.26. The highest BCUT2D eigenvalue weighted by Crippen LogP contribution is 2.39. The van der Waals surface area contributed by atoms with Crippen LogP contribution in [-0.2, 0) is 5.41 Å². The second kappa shape index (κ2) is 9.18. The molecule has 0 bridgehead atoms. The molecule has 0 atom stereocenters. The summed E-state index contributed by atoms with van der Waals surface area (Å²) in [4.78, 5) is 0. The normalized spacial score (nSPS) is 11.7. The van der Waals surface area contributed by atoms with Gasteiger partial charge in [-0.2, -0.15) is 0 Å². The molecule has 0 unspecified atom stereocenters. The molecule has 0 aliphatic rings. The van der Waals surface area contributed by atoms with Gasteiger partial charge in [0.1, 0.15) is 0 Å². The van der Waals surface area contributed by atoms with E-state index in [-0.39, 0.29) is 0 Å². The number of hydrogen-bond acceptors (Lipinski definition) is 0. The predicted molar refractivity (Wildman–Crippen MR) is 86.7 cm³/mol. The average molecular weight is 260 g/mol. The molecule has 0 aliphatic carbocycles. The fraction of sp³-hybridized carbons (Fsp3) is 0.684. The lowest BCUT2D eigenvalue weighted by Gasteiger charge is -2.34. The molecule has 0 fully saturated rings. The Kier molecular flexibility index (Phi) is 7.86. The van der Waals surface area contributed by atoms with Gasteiger partial charge in [-0.05, 0) is 30.2 Å². The zero-order valence-electron chi connectivity index (χ0n) is 13.3. The Morgan fingerprint density at radius 1 is 0.684 bits per heavy atom. The first-order chi connectivity index (χ1) is 9.29. The maximum Gasteiger partial charge on any atom is -0.00472 e. The van der Waals surface area contributed by atoms with Crippen molar-refractivity contribution in [2.75, 3.05) is 0 Å². The van der Waals surface area contributed by atoms with Crippen molar-refractivity contribution in [3.63, 3.8) is 0 Å². The summed E-state index contributed by atoms with van der Waals surface area (Å²) in [5.41, 5.74) is 2.02. The SMILES string of the molecule is CCCCCCC(CCC)(CCC)c1ccccc1. The van der Waals surface area contributed by atoms with E-state index >= 15 is 0 Å². The van der Waals surface area contributed by atoms with Crippen molar-refractivity contribution in [2.24, 2.45) is 0 Å². The largest absolute Gasteiger partial charge is 0.0654 e. The molecule has 108 valence electrons. The van der Waals surface area contributed by atoms with Crippen LogP contribution >= 0.6 is 0 Å². The smallest absolute Gasteiger partial charge is 0.00472 e. The summed E-state index contributed by atoms with van der Waals surface area (Å²) in [6.45, 7) is 6.96. The zero-order valence-corrected chi connectivity index (χ0v) is 13.3. The standard InChI is InChI=1S/C19H32/c1-4-7-8-12-17-19(15-5-2,16-6-3)18-13-10-9-11-14-18/h9-11,13-14H,4-8,12,15-17H2,1-3H3. The molecule has 0 N–H and O–H groups in total. The molecule has 1 aromatic carbocycles. The molecule has 0 radical (unpaired) electrons. The number of benzene rings is 1. The lowest BCUT2D eigenvalue weighted by molar-refractivity contribution is 0.317. The van der Waals surface area contributed by atoms with Crippen LogP contribution in [0.1, 0.15) is 84.1 Å². The zero-order chi connectivity index (χ0) is 14.0. The van der Waals surface area contributed by atoms with E-state index in [1.807, 2.05) is 0 Å². The van der Waals surface area contributed by atoms with Gasteiger partial charge in [0.2, 0.25) is 0 Å². The van der Waals surface area contributed by atoms with Gasteiger partial charge < -0.3 is 0 Å². The summed E-state index contributed by atoms with van der Waals surface area (Å²) in [6, 6.07) is 11.3. The van der Waals surface area contributed by atoms with Gasteiger partial charge in [0.15, 0.2) is 0 Å². The van der Waals surface area contributed by atoms with Gasteiger partial charge in [-0.3, -0.25) is 0 Å². The third-order valence-electron chi connectivity index (χ3n) is 4.35. The second-order valence-electron chi connectivity index (χ2n) is 5.96. The van der Waals surface area contributed by atoms with Crippen molar-refractivity contribution >= 4 is 0 Å².